The van der Waals surface area contributed by atoms with E-state index in [2.05, 4.69) is 21.0 Å². The molecule has 0 aliphatic heterocycles. The summed E-state index contributed by atoms with van der Waals surface area (Å²) in [7, 11) is 1.82. The van der Waals surface area contributed by atoms with Crippen LogP contribution < -0.4 is 0 Å². The van der Waals surface area contributed by atoms with Crippen molar-refractivity contribution >= 4 is 26.8 Å². The molecule has 0 saturated carbocycles. The Bertz CT molecular complexity index is 511. The van der Waals surface area contributed by atoms with Gasteiger partial charge in [0, 0.05) is 16.9 Å². The van der Waals surface area contributed by atoms with Gasteiger partial charge in [-0.2, -0.15) is 5.10 Å². The lowest BCUT2D eigenvalue weighted by molar-refractivity contribution is 0.215. The monoisotopic (exact) mass is 270 g/mol. The second-order valence-electron chi connectivity index (χ2n) is 4.08. The van der Waals surface area contributed by atoms with Crippen molar-refractivity contribution < 1.29 is 4.39 Å². The third-order valence-corrected chi connectivity index (χ3v) is 3.05. The lowest BCUT2D eigenvalue weighted by Crippen LogP contribution is -2.11. The Labute approximate surface area is 96.2 Å². The molecule has 0 aliphatic rings. The quantitative estimate of drug-likeness (QED) is 0.775. The van der Waals surface area contributed by atoms with Crippen LogP contribution in [-0.4, -0.2) is 9.78 Å². The Morgan fingerprint density at radius 2 is 2.07 bits per heavy atom. The molecular formula is C11H12BrFN2. The molecule has 1 aromatic heterocycles. The van der Waals surface area contributed by atoms with E-state index in [-0.39, 0.29) is 0 Å². The van der Waals surface area contributed by atoms with Crippen molar-refractivity contribution in [2.24, 2.45) is 7.05 Å². The molecule has 0 spiro atoms. The van der Waals surface area contributed by atoms with Crippen molar-refractivity contribution in [2.45, 2.75) is 19.5 Å². The van der Waals surface area contributed by atoms with Crippen LogP contribution in [0.5, 0.6) is 0 Å². The van der Waals surface area contributed by atoms with Crippen LogP contribution in [0, 0.1) is 0 Å². The molecule has 2 nitrogen and oxygen atoms in total. The van der Waals surface area contributed by atoms with Gasteiger partial charge in [0.25, 0.3) is 0 Å². The zero-order valence-corrected chi connectivity index (χ0v) is 10.5. The maximum absolute atomic E-state index is 13.9. The fourth-order valence-electron chi connectivity index (χ4n) is 1.69. The first-order valence-electron chi connectivity index (χ1n) is 4.72. The minimum atomic E-state index is -1.43. The number of halogens is 2. The maximum Gasteiger partial charge on any atom is 0.149 e. The van der Waals surface area contributed by atoms with Gasteiger partial charge >= 0.3 is 0 Å². The molecule has 0 bridgehead atoms. The summed E-state index contributed by atoms with van der Waals surface area (Å²) in [6, 6.07) is 5.75. The van der Waals surface area contributed by atoms with Gasteiger partial charge in [-0.05, 0) is 26.0 Å². The van der Waals surface area contributed by atoms with E-state index in [0.29, 0.717) is 5.69 Å². The lowest BCUT2D eigenvalue weighted by atomic mass is 10.0. The molecule has 0 unspecified atom stereocenters. The van der Waals surface area contributed by atoms with E-state index in [1.54, 1.807) is 4.68 Å². The molecule has 80 valence electrons. The molecule has 1 aromatic carbocycles. The van der Waals surface area contributed by atoms with Crippen LogP contribution in [0.2, 0.25) is 0 Å². The second kappa shape index (κ2) is 3.30. The van der Waals surface area contributed by atoms with Gasteiger partial charge in [-0.25, -0.2) is 4.39 Å². The van der Waals surface area contributed by atoms with Crippen molar-refractivity contribution in [3.05, 3.63) is 28.4 Å². The number of fused-ring (bicyclic) bond motifs is 1. The van der Waals surface area contributed by atoms with Crippen molar-refractivity contribution in [2.75, 3.05) is 0 Å². The third-order valence-electron chi connectivity index (χ3n) is 2.39. The largest absolute Gasteiger partial charge is 0.267 e. The van der Waals surface area contributed by atoms with Crippen molar-refractivity contribution in [1.82, 2.24) is 9.78 Å². The molecule has 4 heteroatoms. The summed E-state index contributed by atoms with van der Waals surface area (Å²) in [5.74, 6) is 0. The maximum atomic E-state index is 13.9. The normalized spacial score (nSPS) is 12.3. The Morgan fingerprint density at radius 3 is 2.67 bits per heavy atom. The van der Waals surface area contributed by atoms with Gasteiger partial charge < -0.3 is 0 Å². The number of benzene rings is 1. The van der Waals surface area contributed by atoms with E-state index in [9.17, 15) is 4.39 Å². The number of rotatable bonds is 1. The van der Waals surface area contributed by atoms with E-state index in [0.717, 1.165) is 15.4 Å². The molecule has 0 amide bonds. The number of aromatic nitrogens is 2. The van der Waals surface area contributed by atoms with Crippen molar-refractivity contribution in [3.8, 4) is 0 Å². The smallest absolute Gasteiger partial charge is 0.149 e. The molecule has 15 heavy (non-hydrogen) atoms. The molecular weight excluding hydrogens is 259 g/mol. The summed E-state index contributed by atoms with van der Waals surface area (Å²) in [5, 5.41) is 5.09. The predicted octanol–water partition coefficient (Wildman–Crippen LogP) is 3.54. The number of nitrogens with zero attached hydrogens (tertiary/aromatic N) is 2. The SMILES string of the molecule is Cn1nc(C(C)(C)F)c2c(Br)cccc21. The average Bonchev–Trinajstić information content (AvgIpc) is 2.45. The highest BCUT2D eigenvalue weighted by Crippen LogP contribution is 2.34. The minimum Gasteiger partial charge on any atom is -0.267 e. The first-order valence-corrected chi connectivity index (χ1v) is 5.51. The molecule has 2 aromatic rings. The lowest BCUT2D eigenvalue weighted by Gasteiger charge is -2.11. The summed E-state index contributed by atoms with van der Waals surface area (Å²) in [4.78, 5) is 0. The zero-order valence-electron chi connectivity index (χ0n) is 8.88. The number of alkyl halides is 1. The predicted molar refractivity (Wildman–Crippen MR) is 62.5 cm³/mol. The van der Waals surface area contributed by atoms with Crippen LogP contribution in [0.3, 0.4) is 0 Å². The summed E-state index contributed by atoms with van der Waals surface area (Å²) in [6.45, 7) is 3.04. The number of hydrogen-bond acceptors (Lipinski definition) is 1. The van der Waals surface area contributed by atoms with Crippen LogP contribution in [0.25, 0.3) is 10.9 Å². The van der Waals surface area contributed by atoms with E-state index in [4.69, 9.17) is 0 Å². The minimum absolute atomic E-state index is 0.479. The Morgan fingerprint density at radius 1 is 1.40 bits per heavy atom. The van der Waals surface area contributed by atoms with Crippen LogP contribution in [0.15, 0.2) is 22.7 Å². The molecule has 0 N–H and O–H groups in total. The number of hydrogen-bond donors (Lipinski definition) is 0. The fourth-order valence-corrected chi connectivity index (χ4v) is 2.23. The first-order chi connectivity index (χ1) is 6.91. The van der Waals surface area contributed by atoms with Gasteiger partial charge in [-0.3, -0.25) is 4.68 Å². The Kier molecular flexibility index (Phi) is 2.34. The van der Waals surface area contributed by atoms with Crippen LogP contribution in [-0.2, 0) is 12.7 Å². The van der Waals surface area contributed by atoms with Crippen molar-refractivity contribution in [3.63, 3.8) is 0 Å². The highest BCUT2D eigenvalue weighted by Gasteiger charge is 2.26. The molecule has 1 heterocycles. The molecule has 0 fully saturated rings. The van der Waals surface area contributed by atoms with E-state index in [1.165, 1.54) is 13.8 Å². The Balaban J connectivity index is 2.88. The molecule has 0 saturated heterocycles. The second-order valence-corrected chi connectivity index (χ2v) is 4.93. The standard InChI is InChI=1S/C11H12BrFN2/c1-11(2,13)10-9-7(12)5-4-6-8(9)15(3)14-10/h4-6H,1-3H3. The van der Waals surface area contributed by atoms with Crippen LogP contribution in [0.1, 0.15) is 19.5 Å². The topological polar surface area (TPSA) is 17.8 Å². The highest BCUT2D eigenvalue weighted by atomic mass is 79.9. The molecule has 0 aliphatic carbocycles. The van der Waals surface area contributed by atoms with Gasteiger partial charge in [-0.1, -0.05) is 22.0 Å². The highest BCUT2D eigenvalue weighted by molar-refractivity contribution is 9.10. The summed E-state index contributed by atoms with van der Waals surface area (Å²) < 4.78 is 16.5. The van der Waals surface area contributed by atoms with Crippen molar-refractivity contribution in [1.29, 1.82) is 0 Å². The van der Waals surface area contributed by atoms with Gasteiger partial charge in [0.1, 0.15) is 11.4 Å². The third kappa shape index (κ3) is 1.67. The summed E-state index contributed by atoms with van der Waals surface area (Å²) >= 11 is 3.43. The van der Waals surface area contributed by atoms with Gasteiger partial charge in [0.15, 0.2) is 0 Å². The van der Waals surface area contributed by atoms with Crippen LogP contribution >= 0.6 is 15.9 Å². The van der Waals surface area contributed by atoms with Gasteiger partial charge in [0.2, 0.25) is 0 Å². The molecule has 2 rings (SSSR count). The zero-order chi connectivity index (χ0) is 11.2. The van der Waals surface area contributed by atoms with Gasteiger partial charge in [-0.15, -0.1) is 0 Å². The average molecular weight is 271 g/mol. The first kappa shape index (κ1) is 10.6. The van der Waals surface area contributed by atoms with E-state index < -0.39 is 5.67 Å². The molecule has 0 radical (unpaired) electrons. The summed E-state index contributed by atoms with van der Waals surface area (Å²) in [6.07, 6.45) is 0. The molecule has 0 atom stereocenters. The fraction of sp³-hybridized carbons (Fsp3) is 0.364. The van der Waals surface area contributed by atoms with Gasteiger partial charge in [0.05, 0.1) is 5.52 Å². The van der Waals surface area contributed by atoms with Crippen LogP contribution in [0.4, 0.5) is 4.39 Å². The van der Waals surface area contributed by atoms with E-state index >= 15 is 0 Å². The van der Waals surface area contributed by atoms with E-state index in [1.807, 2.05) is 25.2 Å². The Hall–Kier alpha value is -0.900. The number of aryl methyl sites for hydroxylation is 1. The summed E-state index contributed by atoms with van der Waals surface area (Å²) in [5.41, 5.74) is -0.0128.